The smallest absolute Gasteiger partial charge is 0.307 e. The zero-order valence-corrected chi connectivity index (χ0v) is 16.0. The van der Waals surface area contributed by atoms with Gasteiger partial charge in [0.05, 0.1) is 17.0 Å². The number of sulfonamides is 1. The van der Waals surface area contributed by atoms with Crippen molar-refractivity contribution in [3.8, 4) is 0 Å². The topological polar surface area (TPSA) is 107 Å². The number of esters is 1. The van der Waals surface area contributed by atoms with Crippen LogP contribution >= 0.6 is 11.3 Å². The molecule has 10 heteroatoms. The van der Waals surface area contributed by atoms with Gasteiger partial charge in [-0.3, -0.25) is 14.0 Å². The van der Waals surface area contributed by atoms with Gasteiger partial charge in [-0.15, -0.1) is 11.3 Å². The number of hydrogen-bond acceptors (Lipinski definition) is 7. The lowest BCUT2D eigenvalue weighted by Gasteiger charge is -2.07. The van der Waals surface area contributed by atoms with Crippen LogP contribution in [0.5, 0.6) is 0 Å². The van der Waals surface area contributed by atoms with Gasteiger partial charge in [-0.05, 0) is 19.1 Å². The van der Waals surface area contributed by atoms with Crippen LogP contribution in [0.15, 0.2) is 51.5 Å². The average molecular weight is 407 g/mol. The number of aryl methyl sites for hydroxylation is 1. The summed E-state index contributed by atoms with van der Waals surface area (Å²) in [4.78, 5) is 28.8. The molecular weight excluding hydrogens is 390 g/mol. The van der Waals surface area contributed by atoms with Gasteiger partial charge in [0.25, 0.3) is 5.56 Å². The highest BCUT2D eigenvalue weighted by atomic mass is 32.2. The highest BCUT2D eigenvalue weighted by Crippen LogP contribution is 2.12. The Labute approximate surface area is 159 Å². The fraction of sp³-hybridized carbons (Fsp3) is 0.235. The Kier molecular flexibility index (Phi) is 5.68. The molecule has 0 saturated carbocycles. The predicted octanol–water partition coefficient (Wildman–Crippen LogP) is 1.48. The van der Waals surface area contributed by atoms with Crippen molar-refractivity contribution in [2.24, 2.45) is 0 Å². The van der Waals surface area contributed by atoms with Crippen LogP contribution in [-0.4, -0.2) is 30.3 Å². The number of carbonyl (C=O) groups is 1. The van der Waals surface area contributed by atoms with Crippen LogP contribution in [0.4, 0.5) is 0 Å². The zero-order chi connectivity index (χ0) is 19.4. The predicted molar refractivity (Wildman–Crippen MR) is 100 cm³/mol. The van der Waals surface area contributed by atoms with Crippen molar-refractivity contribution in [2.45, 2.75) is 24.8 Å². The van der Waals surface area contributed by atoms with Crippen LogP contribution in [-0.2, 0) is 26.2 Å². The van der Waals surface area contributed by atoms with Crippen LogP contribution in [0.3, 0.4) is 0 Å². The van der Waals surface area contributed by atoms with Gasteiger partial charge in [-0.1, -0.05) is 18.2 Å². The number of ether oxygens (including phenoxy) is 1. The summed E-state index contributed by atoms with van der Waals surface area (Å²) in [6.07, 6.45) is -0.134. The van der Waals surface area contributed by atoms with Gasteiger partial charge in [0.1, 0.15) is 6.61 Å². The molecule has 0 aliphatic heterocycles. The standard InChI is InChI=1S/C17H17N3O5S2/c1-12-11-26-17-19-13(9-15(21)20(12)17)10-25-16(22)7-8-18-27(23,24)14-5-3-2-4-6-14/h2-6,9,11,18H,7-8,10H2,1H3. The van der Waals surface area contributed by atoms with Crippen LogP contribution in [0.1, 0.15) is 17.8 Å². The molecule has 3 aromatic rings. The van der Waals surface area contributed by atoms with Crippen molar-refractivity contribution in [3.05, 3.63) is 63.5 Å². The first-order valence-corrected chi connectivity index (χ1v) is 10.4. The monoisotopic (exact) mass is 407 g/mol. The van der Waals surface area contributed by atoms with Gasteiger partial charge in [0.15, 0.2) is 4.96 Å². The molecular formula is C17H17N3O5S2. The second-order valence-corrected chi connectivity index (χ2v) is 8.31. The van der Waals surface area contributed by atoms with E-state index in [1.54, 1.807) is 18.2 Å². The van der Waals surface area contributed by atoms with Crippen molar-refractivity contribution >= 4 is 32.3 Å². The van der Waals surface area contributed by atoms with E-state index in [1.807, 2.05) is 12.3 Å². The summed E-state index contributed by atoms with van der Waals surface area (Å²) < 4.78 is 33.0. The minimum atomic E-state index is -3.66. The summed E-state index contributed by atoms with van der Waals surface area (Å²) in [5.41, 5.74) is 0.905. The number of thiazole rings is 1. The number of nitrogens with zero attached hydrogens (tertiary/aromatic N) is 2. The molecule has 0 fully saturated rings. The molecule has 2 heterocycles. The molecule has 3 rings (SSSR count). The lowest BCUT2D eigenvalue weighted by molar-refractivity contribution is -0.144. The zero-order valence-electron chi connectivity index (χ0n) is 14.4. The normalized spacial score (nSPS) is 11.6. The number of benzene rings is 1. The summed E-state index contributed by atoms with van der Waals surface area (Å²) in [6, 6.07) is 9.19. The van der Waals surface area contributed by atoms with Gasteiger partial charge in [-0.25, -0.2) is 18.1 Å². The summed E-state index contributed by atoms with van der Waals surface area (Å²) in [5, 5.41) is 1.82. The Morgan fingerprint density at radius 1 is 1.30 bits per heavy atom. The first kappa shape index (κ1) is 19.2. The van der Waals surface area contributed by atoms with Crippen LogP contribution in [0.25, 0.3) is 4.96 Å². The van der Waals surface area contributed by atoms with Crippen molar-refractivity contribution in [3.63, 3.8) is 0 Å². The summed E-state index contributed by atoms with van der Waals surface area (Å²) in [5.74, 6) is -0.588. The molecule has 0 amide bonds. The van der Waals surface area contributed by atoms with Crippen molar-refractivity contribution < 1.29 is 17.9 Å². The first-order chi connectivity index (χ1) is 12.9. The number of carbonyl (C=O) groups excluding carboxylic acids is 1. The second-order valence-electron chi connectivity index (χ2n) is 5.70. The molecule has 0 unspecified atom stereocenters. The Morgan fingerprint density at radius 3 is 2.78 bits per heavy atom. The van der Waals surface area contributed by atoms with Crippen LogP contribution < -0.4 is 10.3 Å². The largest absolute Gasteiger partial charge is 0.459 e. The van der Waals surface area contributed by atoms with Gasteiger partial charge in [0, 0.05) is 23.7 Å². The third-order valence-electron chi connectivity index (χ3n) is 3.68. The van der Waals surface area contributed by atoms with Crippen LogP contribution in [0, 0.1) is 6.92 Å². The van der Waals surface area contributed by atoms with Crippen molar-refractivity contribution in [1.82, 2.24) is 14.1 Å². The Hall–Kier alpha value is -2.56. The molecule has 8 nitrogen and oxygen atoms in total. The lowest BCUT2D eigenvalue weighted by atomic mass is 10.4. The van der Waals surface area contributed by atoms with E-state index in [0.29, 0.717) is 10.7 Å². The van der Waals surface area contributed by atoms with E-state index in [9.17, 15) is 18.0 Å². The molecule has 1 aromatic carbocycles. The first-order valence-electron chi connectivity index (χ1n) is 8.04. The van der Waals surface area contributed by atoms with Crippen LogP contribution in [0.2, 0.25) is 0 Å². The van der Waals surface area contributed by atoms with E-state index in [0.717, 1.165) is 5.69 Å². The third-order valence-corrected chi connectivity index (χ3v) is 6.10. The highest BCUT2D eigenvalue weighted by Gasteiger charge is 2.14. The quantitative estimate of drug-likeness (QED) is 0.595. The van der Waals surface area contributed by atoms with Crippen molar-refractivity contribution in [1.29, 1.82) is 0 Å². The van der Waals surface area contributed by atoms with E-state index >= 15 is 0 Å². The highest BCUT2D eigenvalue weighted by molar-refractivity contribution is 7.89. The molecule has 0 radical (unpaired) electrons. The number of nitrogens with one attached hydrogen (secondary N) is 1. The molecule has 0 spiro atoms. The molecule has 0 aliphatic rings. The Bertz CT molecular complexity index is 1120. The minimum Gasteiger partial charge on any atom is -0.459 e. The van der Waals surface area contributed by atoms with E-state index in [-0.39, 0.29) is 30.0 Å². The minimum absolute atomic E-state index is 0.0880. The fourth-order valence-electron chi connectivity index (χ4n) is 2.37. The van der Waals surface area contributed by atoms with E-state index in [1.165, 1.54) is 33.9 Å². The molecule has 0 atom stereocenters. The maximum Gasteiger partial charge on any atom is 0.307 e. The fourth-order valence-corrected chi connectivity index (χ4v) is 4.32. The number of aromatic nitrogens is 2. The van der Waals surface area contributed by atoms with E-state index < -0.39 is 16.0 Å². The third kappa shape index (κ3) is 4.59. The molecule has 0 bridgehead atoms. The van der Waals surface area contributed by atoms with Crippen molar-refractivity contribution in [2.75, 3.05) is 6.54 Å². The number of rotatable bonds is 7. The average Bonchev–Trinajstić information content (AvgIpc) is 3.02. The number of hydrogen-bond donors (Lipinski definition) is 1. The molecule has 2 aromatic heterocycles. The summed E-state index contributed by atoms with van der Waals surface area (Å²) in [7, 11) is -3.66. The Balaban J connectivity index is 1.52. The molecule has 142 valence electrons. The van der Waals surface area contributed by atoms with E-state index in [2.05, 4.69) is 9.71 Å². The Morgan fingerprint density at radius 2 is 2.04 bits per heavy atom. The van der Waals surface area contributed by atoms with Gasteiger partial charge in [-0.2, -0.15) is 0 Å². The van der Waals surface area contributed by atoms with E-state index in [4.69, 9.17) is 4.74 Å². The van der Waals surface area contributed by atoms with Gasteiger partial charge < -0.3 is 4.74 Å². The number of fused-ring (bicyclic) bond motifs is 1. The second kappa shape index (κ2) is 7.99. The van der Waals surface area contributed by atoms with Gasteiger partial charge in [0.2, 0.25) is 10.0 Å². The lowest BCUT2D eigenvalue weighted by Crippen LogP contribution is -2.26. The summed E-state index contributed by atoms with van der Waals surface area (Å²) >= 11 is 1.33. The molecule has 1 N–H and O–H groups in total. The molecule has 27 heavy (non-hydrogen) atoms. The molecule has 0 saturated heterocycles. The summed E-state index contributed by atoms with van der Waals surface area (Å²) in [6.45, 7) is 1.57. The SMILES string of the molecule is Cc1csc2nc(COC(=O)CCNS(=O)(=O)c3ccccc3)cc(=O)n12. The molecule has 0 aliphatic carbocycles. The maximum absolute atomic E-state index is 12.1. The maximum atomic E-state index is 12.1. The van der Waals surface area contributed by atoms with Gasteiger partial charge >= 0.3 is 5.97 Å².